The lowest BCUT2D eigenvalue weighted by Crippen LogP contribution is -1.98. The highest BCUT2D eigenvalue weighted by Gasteiger charge is 1.99. The molecule has 0 heterocycles. The number of hydrogen-bond donors (Lipinski definition) is 1. The summed E-state index contributed by atoms with van der Waals surface area (Å²) in [6.45, 7) is 4.40. The molecule has 1 nitrogen and oxygen atoms in total. The second kappa shape index (κ2) is 3.42. The zero-order valence-electron chi connectivity index (χ0n) is 7.17. The fourth-order valence-electron chi connectivity index (χ4n) is 1.16. The lowest BCUT2D eigenvalue weighted by atomic mass is 10.0. The van der Waals surface area contributed by atoms with Crippen molar-refractivity contribution in [3.63, 3.8) is 0 Å². The van der Waals surface area contributed by atoms with E-state index in [1.165, 1.54) is 5.56 Å². The van der Waals surface area contributed by atoms with Gasteiger partial charge in [-0.1, -0.05) is 32.0 Å². The van der Waals surface area contributed by atoms with E-state index < -0.39 is 0 Å². The van der Waals surface area contributed by atoms with Gasteiger partial charge in [0.1, 0.15) is 0 Å². The number of nitrogen functional groups attached to an aromatic ring is 1. The molecule has 1 aromatic rings. The molecule has 0 saturated heterocycles. The third-order valence-corrected chi connectivity index (χ3v) is 1.68. The Hall–Kier alpha value is -0.980. The molecule has 0 atom stereocenters. The van der Waals surface area contributed by atoms with Crippen LogP contribution in [-0.4, -0.2) is 0 Å². The fraction of sp³-hybridized carbons (Fsp3) is 0.400. The first kappa shape index (κ1) is 8.12. The Morgan fingerprint density at radius 2 is 1.91 bits per heavy atom. The highest BCUT2D eigenvalue weighted by atomic mass is 14.6. The Morgan fingerprint density at radius 1 is 1.27 bits per heavy atom. The first-order chi connectivity index (χ1) is 5.20. The predicted molar refractivity (Wildman–Crippen MR) is 49.4 cm³/mol. The van der Waals surface area contributed by atoms with Crippen molar-refractivity contribution in [1.29, 1.82) is 0 Å². The van der Waals surface area contributed by atoms with Crippen LogP contribution in [0.5, 0.6) is 0 Å². The average molecular weight is 149 g/mol. The number of anilines is 1. The van der Waals surface area contributed by atoms with Gasteiger partial charge in [0.2, 0.25) is 0 Å². The molecule has 0 aromatic heterocycles. The second-order valence-electron chi connectivity index (χ2n) is 3.30. The Balaban J connectivity index is 2.78. The molecule has 1 rings (SSSR count). The molecule has 0 radical (unpaired) electrons. The van der Waals surface area contributed by atoms with Crippen LogP contribution in [0.1, 0.15) is 19.4 Å². The summed E-state index contributed by atoms with van der Waals surface area (Å²) in [7, 11) is 0. The third-order valence-electron chi connectivity index (χ3n) is 1.68. The van der Waals surface area contributed by atoms with Gasteiger partial charge in [-0.25, -0.2) is 0 Å². The van der Waals surface area contributed by atoms with Crippen molar-refractivity contribution in [2.24, 2.45) is 5.92 Å². The Morgan fingerprint density at radius 3 is 2.45 bits per heavy atom. The maximum Gasteiger partial charge on any atom is 0.0346 e. The van der Waals surface area contributed by atoms with Gasteiger partial charge in [0.05, 0.1) is 0 Å². The van der Waals surface area contributed by atoms with Crippen LogP contribution >= 0.6 is 0 Å². The van der Waals surface area contributed by atoms with Crippen LogP contribution < -0.4 is 5.73 Å². The van der Waals surface area contributed by atoms with Crippen molar-refractivity contribution in [1.82, 2.24) is 0 Å². The first-order valence-electron chi connectivity index (χ1n) is 4.03. The van der Waals surface area contributed by atoms with E-state index in [2.05, 4.69) is 19.9 Å². The molecule has 0 bridgehead atoms. The Kier molecular flexibility index (Phi) is 2.53. The minimum atomic E-state index is 0.680. The highest BCUT2D eigenvalue weighted by molar-refractivity contribution is 5.46. The van der Waals surface area contributed by atoms with Crippen LogP contribution in [0.15, 0.2) is 24.3 Å². The Labute approximate surface area is 68.2 Å². The minimum absolute atomic E-state index is 0.680. The van der Waals surface area contributed by atoms with Gasteiger partial charge in [-0.2, -0.15) is 0 Å². The molecule has 1 aromatic carbocycles. The van der Waals surface area contributed by atoms with E-state index in [9.17, 15) is 0 Å². The second-order valence-corrected chi connectivity index (χ2v) is 3.30. The van der Waals surface area contributed by atoms with Crippen LogP contribution in [0, 0.1) is 5.92 Å². The van der Waals surface area contributed by atoms with Gasteiger partial charge in [-0.15, -0.1) is 0 Å². The van der Waals surface area contributed by atoms with Gasteiger partial charge in [0, 0.05) is 5.69 Å². The topological polar surface area (TPSA) is 26.0 Å². The lowest BCUT2D eigenvalue weighted by Gasteiger charge is -2.06. The van der Waals surface area contributed by atoms with Crippen LogP contribution in [0.3, 0.4) is 0 Å². The molecule has 0 spiro atoms. The molecule has 0 saturated carbocycles. The lowest BCUT2D eigenvalue weighted by molar-refractivity contribution is 0.648. The summed E-state index contributed by atoms with van der Waals surface area (Å²) in [6.07, 6.45) is 1.08. The zero-order valence-corrected chi connectivity index (χ0v) is 7.17. The molecular formula is C10H15N. The molecule has 2 N–H and O–H groups in total. The van der Waals surface area contributed by atoms with Crippen molar-refractivity contribution in [2.45, 2.75) is 20.3 Å². The molecule has 0 aliphatic carbocycles. The molecule has 0 fully saturated rings. The fourth-order valence-corrected chi connectivity index (χ4v) is 1.16. The normalized spacial score (nSPS) is 10.5. The van der Waals surface area contributed by atoms with Gasteiger partial charge in [0.25, 0.3) is 0 Å². The van der Waals surface area contributed by atoms with Gasteiger partial charge in [-0.05, 0) is 24.0 Å². The molecule has 0 unspecified atom stereocenters. The van der Waals surface area contributed by atoms with Crippen LogP contribution in [-0.2, 0) is 6.42 Å². The summed E-state index contributed by atoms with van der Waals surface area (Å²) >= 11 is 0. The van der Waals surface area contributed by atoms with Gasteiger partial charge >= 0.3 is 0 Å². The molecule has 11 heavy (non-hydrogen) atoms. The van der Waals surface area contributed by atoms with Crippen LogP contribution in [0.25, 0.3) is 0 Å². The van der Waals surface area contributed by atoms with Gasteiger partial charge in [0.15, 0.2) is 0 Å². The van der Waals surface area contributed by atoms with E-state index in [1.54, 1.807) is 0 Å². The molecule has 60 valence electrons. The highest BCUT2D eigenvalue weighted by Crippen LogP contribution is 2.14. The van der Waals surface area contributed by atoms with Crippen molar-refractivity contribution in [3.05, 3.63) is 29.8 Å². The summed E-state index contributed by atoms with van der Waals surface area (Å²) in [5.74, 6) is 0.680. The zero-order chi connectivity index (χ0) is 8.27. The summed E-state index contributed by atoms with van der Waals surface area (Å²) in [6, 6.07) is 8.06. The molecule has 0 aliphatic heterocycles. The number of benzene rings is 1. The van der Waals surface area contributed by atoms with Crippen molar-refractivity contribution in [2.75, 3.05) is 5.73 Å². The van der Waals surface area contributed by atoms with Crippen molar-refractivity contribution < 1.29 is 0 Å². The number of nitrogens with two attached hydrogens (primary N) is 1. The summed E-state index contributed by atoms with van der Waals surface area (Å²) in [5.41, 5.74) is 7.95. The largest absolute Gasteiger partial charge is 0.399 e. The molecule has 0 aliphatic rings. The maximum absolute atomic E-state index is 5.77. The maximum atomic E-state index is 5.77. The predicted octanol–water partition coefficient (Wildman–Crippen LogP) is 2.47. The van der Waals surface area contributed by atoms with E-state index >= 15 is 0 Å². The number of rotatable bonds is 2. The standard InChI is InChI=1S/C10H15N/c1-8(2)7-9-5-3-4-6-10(9)11/h3-6,8H,7,11H2,1-2H3. The smallest absolute Gasteiger partial charge is 0.0346 e. The molecule has 0 amide bonds. The van der Waals surface area contributed by atoms with Crippen molar-refractivity contribution in [3.8, 4) is 0 Å². The van der Waals surface area contributed by atoms with Crippen LogP contribution in [0.2, 0.25) is 0 Å². The van der Waals surface area contributed by atoms with Gasteiger partial charge < -0.3 is 5.73 Å². The number of para-hydroxylation sites is 1. The van der Waals surface area contributed by atoms with Crippen LogP contribution in [0.4, 0.5) is 5.69 Å². The van der Waals surface area contributed by atoms with E-state index in [1.807, 2.05) is 18.2 Å². The van der Waals surface area contributed by atoms with E-state index in [-0.39, 0.29) is 0 Å². The van der Waals surface area contributed by atoms with E-state index in [4.69, 9.17) is 5.73 Å². The Bertz CT molecular complexity index is 228. The monoisotopic (exact) mass is 149 g/mol. The summed E-state index contributed by atoms with van der Waals surface area (Å²) in [4.78, 5) is 0. The number of hydrogen-bond acceptors (Lipinski definition) is 1. The average Bonchev–Trinajstić information content (AvgIpc) is 1.93. The molecular weight excluding hydrogens is 134 g/mol. The molecule has 1 heteroatoms. The third kappa shape index (κ3) is 2.26. The van der Waals surface area contributed by atoms with E-state index in [0.717, 1.165) is 12.1 Å². The first-order valence-corrected chi connectivity index (χ1v) is 4.03. The summed E-state index contributed by atoms with van der Waals surface area (Å²) in [5, 5.41) is 0. The minimum Gasteiger partial charge on any atom is -0.399 e. The SMILES string of the molecule is CC(C)Cc1ccccc1N. The van der Waals surface area contributed by atoms with E-state index in [0.29, 0.717) is 5.92 Å². The van der Waals surface area contributed by atoms with Gasteiger partial charge in [-0.3, -0.25) is 0 Å². The van der Waals surface area contributed by atoms with Crippen molar-refractivity contribution >= 4 is 5.69 Å². The summed E-state index contributed by atoms with van der Waals surface area (Å²) < 4.78 is 0. The quantitative estimate of drug-likeness (QED) is 0.642.